The van der Waals surface area contributed by atoms with Crippen LogP contribution in [0.3, 0.4) is 0 Å². The Morgan fingerprint density at radius 1 is 1.10 bits per heavy atom. The van der Waals surface area contributed by atoms with Gasteiger partial charge in [0, 0.05) is 13.1 Å². The summed E-state index contributed by atoms with van der Waals surface area (Å²) in [6.07, 6.45) is 3.41. The fraction of sp³-hybridized carbons (Fsp3) is 0.409. The highest BCUT2D eigenvalue weighted by Crippen LogP contribution is 2.28. The predicted molar refractivity (Wildman–Crippen MR) is 115 cm³/mol. The standard InChI is InChI=1S/C22H28N2O5S/c1-2-3-4-17-5-7-18(8-6-17)15-22(26)23-20-16-19(9-10-21(20)25)30(27,28)24-11-13-29-14-12-24/h5-10,16,25H,2-4,11-15H2,1H3,(H,23,26). The third-order valence-electron chi connectivity index (χ3n) is 5.06. The lowest BCUT2D eigenvalue weighted by atomic mass is 10.0. The Labute approximate surface area is 177 Å². The quantitative estimate of drug-likeness (QED) is 0.626. The van der Waals surface area contributed by atoms with Crippen LogP contribution in [0.1, 0.15) is 30.9 Å². The van der Waals surface area contributed by atoms with Gasteiger partial charge in [-0.05, 0) is 42.2 Å². The lowest BCUT2D eigenvalue weighted by molar-refractivity contribution is -0.115. The fourth-order valence-electron chi connectivity index (χ4n) is 3.30. The minimum Gasteiger partial charge on any atom is -0.506 e. The van der Waals surface area contributed by atoms with Crippen LogP contribution in [0.25, 0.3) is 0 Å². The molecule has 1 amide bonds. The first-order valence-electron chi connectivity index (χ1n) is 10.2. The molecule has 3 rings (SSSR count). The summed E-state index contributed by atoms with van der Waals surface area (Å²) in [5.74, 6) is -0.508. The van der Waals surface area contributed by atoms with Crippen LogP contribution < -0.4 is 5.32 Å². The number of amides is 1. The molecular formula is C22H28N2O5S. The third kappa shape index (κ3) is 5.59. The van der Waals surface area contributed by atoms with Crippen molar-refractivity contribution in [1.29, 1.82) is 0 Å². The number of benzene rings is 2. The van der Waals surface area contributed by atoms with E-state index in [2.05, 4.69) is 12.2 Å². The lowest BCUT2D eigenvalue weighted by Crippen LogP contribution is -2.40. The van der Waals surface area contributed by atoms with Crippen LogP contribution >= 0.6 is 0 Å². The minimum absolute atomic E-state index is 0.0257. The predicted octanol–water partition coefficient (Wildman–Crippen LogP) is 2.94. The highest BCUT2D eigenvalue weighted by atomic mass is 32.2. The van der Waals surface area contributed by atoms with Crippen LogP contribution in [0.15, 0.2) is 47.4 Å². The van der Waals surface area contributed by atoms with E-state index in [0.29, 0.717) is 13.2 Å². The summed E-state index contributed by atoms with van der Waals surface area (Å²) in [6, 6.07) is 11.8. The van der Waals surface area contributed by atoms with Gasteiger partial charge >= 0.3 is 0 Å². The number of hydrogen-bond donors (Lipinski definition) is 2. The molecule has 0 spiro atoms. The maximum atomic E-state index is 12.8. The molecular weight excluding hydrogens is 404 g/mol. The average Bonchev–Trinajstić information content (AvgIpc) is 2.75. The number of nitrogens with one attached hydrogen (secondary N) is 1. The monoisotopic (exact) mass is 432 g/mol. The number of aryl methyl sites for hydroxylation is 1. The second-order valence-corrected chi connectivity index (χ2v) is 9.28. The molecule has 0 saturated carbocycles. The molecule has 0 bridgehead atoms. The van der Waals surface area contributed by atoms with Crippen LogP contribution in [0, 0.1) is 0 Å². The zero-order chi connectivity index (χ0) is 21.6. The molecule has 0 unspecified atom stereocenters. The number of ether oxygens (including phenoxy) is 1. The van der Waals surface area contributed by atoms with Crippen molar-refractivity contribution < 1.29 is 23.1 Å². The van der Waals surface area contributed by atoms with E-state index in [1.165, 1.54) is 28.1 Å². The molecule has 1 heterocycles. The first-order chi connectivity index (χ1) is 14.4. The Balaban J connectivity index is 1.68. The molecule has 7 nitrogen and oxygen atoms in total. The minimum atomic E-state index is -3.72. The van der Waals surface area contributed by atoms with E-state index >= 15 is 0 Å². The highest BCUT2D eigenvalue weighted by molar-refractivity contribution is 7.89. The topological polar surface area (TPSA) is 95.9 Å². The second-order valence-electron chi connectivity index (χ2n) is 7.34. The zero-order valence-corrected chi connectivity index (χ0v) is 18.0. The number of unbranched alkanes of at least 4 members (excludes halogenated alkanes) is 1. The number of anilines is 1. The molecule has 1 aliphatic heterocycles. The smallest absolute Gasteiger partial charge is 0.243 e. The van der Waals surface area contributed by atoms with Crippen LogP contribution in [0.5, 0.6) is 5.75 Å². The number of morpholine rings is 1. The summed E-state index contributed by atoms with van der Waals surface area (Å²) in [5, 5.41) is 12.7. The van der Waals surface area contributed by atoms with Gasteiger partial charge in [0.25, 0.3) is 0 Å². The van der Waals surface area contributed by atoms with E-state index in [9.17, 15) is 18.3 Å². The van der Waals surface area contributed by atoms with Crippen molar-refractivity contribution in [3.63, 3.8) is 0 Å². The van der Waals surface area contributed by atoms with Crippen molar-refractivity contribution in [3.8, 4) is 5.75 Å². The molecule has 30 heavy (non-hydrogen) atoms. The summed E-state index contributed by atoms with van der Waals surface area (Å²) in [6.45, 7) is 3.39. The van der Waals surface area contributed by atoms with Crippen LogP contribution in [0.4, 0.5) is 5.69 Å². The van der Waals surface area contributed by atoms with E-state index in [1.54, 1.807) is 0 Å². The van der Waals surface area contributed by atoms with Crippen molar-refractivity contribution >= 4 is 21.6 Å². The molecule has 2 aromatic rings. The molecule has 8 heteroatoms. The van der Waals surface area contributed by atoms with Gasteiger partial charge in [-0.15, -0.1) is 0 Å². The normalized spacial score (nSPS) is 15.1. The Morgan fingerprint density at radius 2 is 1.77 bits per heavy atom. The van der Waals surface area contributed by atoms with Gasteiger partial charge in [-0.2, -0.15) is 4.31 Å². The summed E-state index contributed by atoms with van der Waals surface area (Å²) in [4.78, 5) is 12.5. The molecule has 2 N–H and O–H groups in total. The Bertz CT molecular complexity index is 968. The van der Waals surface area contributed by atoms with Gasteiger partial charge in [0.1, 0.15) is 5.75 Å². The van der Waals surface area contributed by atoms with E-state index in [0.717, 1.165) is 24.8 Å². The average molecular weight is 433 g/mol. The summed E-state index contributed by atoms with van der Waals surface area (Å²) in [5.41, 5.74) is 2.16. The van der Waals surface area contributed by atoms with Crippen molar-refractivity contribution in [2.24, 2.45) is 0 Å². The number of hydrogen-bond acceptors (Lipinski definition) is 5. The van der Waals surface area contributed by atoms with E-state index in [-0.39, 0.29) is 41.7 Å². The van der Waals surface area contributed by atoms with Crippen LogP contribution in [0.2, 0.25) is 0 Å². The maximum absolute atomic E-state index is 12.8. The Kier molecular flexibility index (Phi) is 7.47. The first-order valence-corrected chi connectivity index (χ1v) is 11.6. The summed E-state index contributed by atoms with van der Waals surface area (Å²) in [7, 11) is -3.72. The molecule has 0 radical (unpaired) electrons. The number of sulfonamides is 1. The Hall–Kier alpha value is -2.42. The van der Waals surface area contributed by atoms with Gasteiger partial charge < -0.3 is 15.2 Å². The molecule has 162 valence electrons. The van der Waals surface area contributed by atoms with Crippen molar-refractivity contribution in [3.05, 3.63) is 53.6 Å². The number of nitrogens with zero attached hydrogens (tertiary/aromatic N) is 1. The third-order valence-corrected chi connectivity index (χ3v) is 6.95. The molecule has 1 saturated heterocycles. The highest BCUT2D eigenvalue weighted by Gasteiger charge is 2.27. The van der Waals surface area contributed by atoms with Crippen molar-refractivity contribution in [2.75, 3.05) is 31.6 Å². The van der Waals surface area contributed by atoms with Crippen molar-refractivity contribution in [2.45, 2.75) is 37.5 Å². The van der Waals surface area contributed by atoms with Gasteiger partial charge in [0.15, 0.2) is 0 Å². The maximum Gasteiger partial charge on any atom is 0.243 e. The molecule has 0 atom stereocenters. The van der Waals surface area contributed by atoms with Gasteiger partial charge in [0.2, 0.25) is 15.9 Å². The zero-order valence-electron chi connectivity index (χ0n) is 17.1. The summed E-state index contributed by atoms with van der Waals surface area (Å²) >= 11 is 0. The molecule has 1 fully saturated rings. The summed E-state index contributed by atoms with van der Waals surface area (Å²) < 4.78 is 32.2. The molecule has 0 aromatic heterocycles. The number of rotatable bonds is 8. The Morgan fingerprint density at radius 3 is 2.43 bits per heavy atom. The van der Waals surface area contributed by atoms with E-state index in [4.69, 9.17) is 4.74 Å². The molecule has 2 aromatic carbocycles. The van der Waals surface area contributed by atoms with Gasteiger partial charge in [-0.3, -0.25) is 4.79 Å². The van der Waals surface area contributed by atoms with Gasteiger partial charge in [0.05, 0.1) is 30.2 Å². The lowest BCUT2D eigenvalue weighted by Gasteiger charge is -2.26. The molecule has 1 aliphatic rings. The number of aromatic hydroxyl groups is 1. The van der Waals surface area contributed by atoms with Crippen molar-refractivity contribution in [1.82, 2.24) is 4.31 Å². The second kappa shape index (κ2) is 10.1. The fourth-order valence-corrected chi connectivity index (χ4v) is 4.73. The number of phenols is 1. The first kappa shape index (κ1) is 22.3. The van der Waals surface area contributed by atoms with Crippen LogP contribution in [-0.4, -0.2) is 50.0 Å². The SMILES string of the molecule is CCCCc1ccc(CC(=O)Nc2cc(S(=O)(=O)N3CCOCC3)ccc2O)cc1. The van der Waals surface area contributed by atoms with Gasteiger partial charge in [-0.25, -0.2) is 8.42 Å². The van der Waals surface area contributed by atoms with Crippen LogP contribution in [-0.2, 0) is 32.4 Å². The largest absolute Gasteiger partial charge is 0.506 e. The van der Waals surface area contributed by atoms with E-state index < -0.39 is 10.0 Å². The molecule has 0 aliphatic carbocycles. The number of carbonyl (C=O) groups is 1. The number of carbonyl (C=O) groups excluding carboxylic acids is 1. The number of phenolic OH excluding ortho intramolecular Hbond substituents is 1. The van der Waals surface area contributed by atoms with E-state index in [1.807, 2.05) is 24.3 Å². The van der Waals surface area contributed by atoms with Gasteiger partial charge in [-0.1, -0.05) is 37.6 Å².